The molecule has 1 aliphatic carbocycles. The molecule has 120 valence electrons. The minimum Gasteiger partial charge on any atom is -0.497 e. The van der Waals surface area contributed by atoms with Gasteiger partial charge in [-0.2, -0.15) is 0 Å². The Balaban J connectivity index is 1.61. The highest BCUT2D eigenvalue weighted by molar-refractivity contribution is 5.83. The Bertz CT molecular complexity index is 654. The van der Waals surface area contributed by atoms with E-state index in [9.17, 15) is 9.90 Å². The number of benzene rings is 2. The third-order valence-electron chi connectivity index (χ3n) is 4.37. The third-order valence-corrected chi connectivity index (χ3v) is 4.37. The Morgan fingerprint density at radius 1 is 1.22 bits per heavy atom. The Kier molecular flexibility index (Phi) is 4.63. The second kappa shape index (κ2) is 6.84. The van der Waals surface area contributed by atoms with Gasteiger partial charge in [-0.05, 0) is 35.6 Å². The van der Waals surface area contributed by atoms with Crippen LogP contribution in [0.4, 0.5) is 0 Å². The molecule has 3 atom stereocenters. The zero-order valence-corrected chi connectivity index (χ0v) is 13.1. The van der Waals surface area contributed by atoms with E-state index in [1.165, 1.54) is 0 Å². The molecule has 0 saturated heterocycles. The van der Waals surface area contributed by atoms with Gasteiger partial charge in [0.2, 0.25) is 5.91 Å². The molecule has 0 heterocycles. The fourth-order valence-corrected chi connectivity index (χ4v) is 2.90. The van der Waals surface area contributed by atoms with Crippen molar-refractivity contribution < 1.29 is 14.6 Å². The predicted octanol–water partition coefficient (Wildman–Crippen LogP) is 2.65. The molecule has 2 N–H and O–H groups in total. The number of hydrogen-bond acceptors (Lipinski definition) is 3. The number of hydrogen-bond donors (Lipinski definition) is 2. The second-order valence-electron chi connectivity index (χ2n) is 5.88. The van der Waals surface area contributed by atoms with E-state index in [-0.39, 0.29) is 30.4 Å². The zero-order valence-electron chi connectivity index (χ0n) is 13.1. The number of amides is 1. The Morgan fingerprint density at radius 2 is 1.91 bits per heavy atom. The Labute approximate surface area is 136 Å². The van der Waals surface area contributed by atoms with Crippen molar-refractivity contribution in [3.8, 4) is 5.75 Å². The molecule has 1 amide bonds. The first-order valence-electron chi connectivity index (χ1n) is 7.83. The summed E-state index contributed by atoms with van der Waals surface area (Å²) < 4.78 is 5.15. The molecule has 4 heteroatoms. The number of carbonyl (C=O) groups is 1. The van der Waals surface area contributed by atoms with E-state index in [0.29, 0.717) is 0 Å². The summed E-state index contributed by atoms with van der Waals surface area (Å²) in [5.74, 6) is 1.07. The first kappa shape index (κ1) is 15.6. The molecule has 1 fully saturated rings. The van der Waals surface area contributed by atoms with Crippen LogP contribution in [-0.2, 0) is 4.79 Å². The molecule has 4 nitrogen and oxygen atoms in total. The van der Waals surface area contributed by atoms with Crippen molar-refractivity contribution >= 4 is 5.91 Å². The van der Waals surface area contributed by atoms with Crippen LogP contribution in [0.3, 0.4) is 0 Å². The van der Waals surface area contributed by atoms with Crippen molar-refractivity contribution in [1.82, 2.24) is 5.32 Å². The van der Waals surface area contributed by atoms with Gasteiger partial charge in [-0.15, -0.1) is 0 Å². The van der Waals surface area contributed by atoms with Gasteiger partial charge in [0, 0.05) is 5.92 Å². The van der Waals surface area contributed by atoms with E-state index in [1.54, 1.807) is 7.11 Å². The third kappa shape index (κ3) is 3.54. The van der Waals surface area contributed by atoms with Gasteiger partial charge >= 0.3 is 0 Å². The topological polar surface area (TPSA) is 58.6 Å². The van der Waals surface area contributed by atoms with Crippen LogP contribution in [0.2, 0.25) is 0 Å². The van der Waals surface area contributed by atoms with Gasteiger partial charge in [0.15, 0.2) is 0 Å². The largest absolute Gasteiger partial charge is 0.497 e. The number of methoxy groups -OCH3 is 1. The van der Waals surface area contributed by atoms with Crippen LogP contribution < -0.4 is 10.1 Å². The molecule has 1 saturated carbocycles. The van der Waals surface area contributed by atoms with Crippen LogP contribution in [0.5, 0.6) is 5.75 Å². The van der Waals surface area contributed by atoms with Gasteiger partial charge in [0.1, 0.15) is 5.75 Å². The van der Waals surface area contributed by atoms with Crippen molar-refractivity contribution in [2.24, 2.45) is 5.92 Å². The highest BCUT2D eigenvalue weighted by Gasteiger charge is 2.44. The lowest BCUT2D eigenvalue weighted by Crippen LogP contribution is -2.32. The molecule has 2 aromatic carbocycles. The molecule has 0 aliphatic heterocycles. The zero-order chi connectivity index (χ0) is 16.2. The minimum atomic E-state index is -0.346. The summed E-state index contributed by atoms with van der Waals surface area (Å²) in [4.78, 5) is 12.4. The van der Waals surface area contributed by atoms with Crippen LogP contribution in [0.1, 0.15) is 29.5 Å². The van der Waals surface area contributed by atoms with Gasteiger partial charge in [0.25, 0.3) is 0 Å². The van der Waals surface area contributed by atoms with E-state index in [4.69, 9.17) is 4.74 Å². The van der Waals surface area contributed by atoms with Crippen LogP contribution in [0.15, 0.2) is 54.6 Å². The molecule has 2 aromatic rings. The molecule has 23 heavy (non-hydrogen) atoms. The summed E-state index contributed by atoms with van der Waals surface area (Å²) in [6, 6.07) is 17.1. The highest BCUT2D eigenvalue weighted by Crippen LogP contribution is 2.48. The monoisotopic (exact) mass is 311 g/mol. The quantitative estimate of drug-likeness (QED) is 0.862. The fraction of sp³-hybridized carbons (Fsp3) is 0.316. The Morgan fingerprint density at radius 3 is 2.52 bits per heavy atom. The lowest BCUT2D eigenvalue weighted by atomic mass is 10.1. The van der Waals surface area contributed by atoms with E-state index >= 15 is 0 Å². The number of rotatable bonds is 6. The normalized spacial score (nSPS) is 20.6. The molecule has 3 unspecified atom stereocenters. The van der Waals surface area contributed by atoms with Crippen LogP contribution in [0.25, 0.3) is 0 Å². The van der Waals surface area contributed by atoms with E-state index in [1.807, 2.05) is 54.6 Å². The average Bonchev–Trinajstić information content (AvgIpc) is 3.41. The summed E-state index contributed by atoms with van der Waals surface area (Å²) in [5, 5.41) is 12.5. The van der Waals surface area contributed by atoms with Gasteiger partial charge in [0.05, 0.1) is 19.8 Å². The minimum absolute atomic E-state index is 0.00808. The van der Waals surface area contributed by atoms with Crippen LogP contribution >= 0.6 is 0 Å². The predicted molar refractivity (Wildman–Crippen MR) is 88.3 cm³/mol. The molecular formula is C19H21NO3. The molecule has 0 spiro atoms. The maximum Gasteiger partial charge on any atom is 0.224 e. The summed E-state index contributed by atoms with van der Waals surface area (Å²) in [6.07, 6.45) is 0.852. The number of carbonyl (C=O) groups excluding carboxylic acids is 1. The number of ether oxygens (including phenoxy) is 1. The van der Waals surface area contributed by atoms with E-state index in [0.717, 1.165) is 23.3 Å². The highest BCUT2D eigenvalue weighted by atomic mass is 16.5. The maximum absolute atomic E-state index is 12.4. The SMILES string of the molecule is COc1ccc(C2CC2C(=O)NC(CO)c2ccccc2)cc1. The summed E-state index contributed by atoms with van der Waals surface area (Å²) >= 11 is 0. The summed E-state index contributed by atoms with van der Waals surface area (Å²) in [5.41, 5.74) is 2.08. The lowest BCUT2D eigenvalue weighted by Gasteiger charge is -2.16. The molecular weight excluding hydrogens is 290 g/mol. The maximum atomic E-state index is 12.4. The van der Waals surface area contributed by atoms with Crippen molar-refractivity contribution in [3.05, 3.63) is 65.7 Å². The number of nitrogens with one attached hydrogen (secondary N) is 1. The van der Waals surface area contributed by atoms with Crippen molar-refractivity contribution in [2.75, 3.05) is 13.7 Å². The fourth-order valence-electron chi connectivity index (χ4n) is 2.90. The Hall–Kier alpha value is -2.33. The molecule has 1 aliphatic rings. The summed E-state index contributed by atoms with van der Waals surface area (Å²) in [7, 11) is 1.64. The molecule has 0 bridgehead atoms. The number of aliphatic hydroxyl groups is 1. The first-order valence-corrected chi connectivity index (χ1v) is 7.83. The van der Waals surface area contributed by atoms with Crippen LogP contribution in [-0.4, -0.2) is 24.7 Å². The average molecular weight is 311 g/mol. The van der Waals surface area contributed by atoms with Crippen molar-refractivity contribution in [3.63, 3.8) is 0 Å². The van der Waals surface area contributed by atoms with E-state index < -0.39 is 0 Å². The van der Waals surface area contributed by atoms with Crippen molar-refractivity contribution in [1.29, 1.82) is 0 Å². The number of aliphatic hydroxyl groups excluding tert-OH is 1. The smallest absolute Gasteiger partial charge is 0.224 e. The molecule has 0 radical (unpaired) electrons. The molecule has 3 rings (SSSR count). The first-order chi connectivity index (χ1) is 11.2. The van der Waals surface area contributed by atoms with Gasteiger partial charge in [-0.25, -0.2) is 0 Å². The summed E-state index contributed by atoms with van der Waals surface area (Å²) in [6.45, 7) is -0.102. The van der Waals surface area contributed by atoms with Crippen LogP contribution in [0, 0.1) is 5.92 Å². The van der Waals surface area contributed by atoms with E-state index in [2.05, 4.69) is 5.32 Å². The van der Waals surface area contributed by atoms with Gasteiger partial charge in [-0.3, -0.25) is 4.79 Å². The second-order valence-corrected chi connectivity index (χ2v) is 5.88. The standard InChI is InChI=1S/C19H21NO3/c1-23-15-9-7-13(8-10-15)16-11-17(16)19(22)20-18(12-21)14-5-3-2-4-6-14/h2-10,16-18,21H,11-12H2,1H3,(H,20,22). The van der Waals surface area contributed by atoms with Gasteiger partial charge in [-0.1, -0.05) is 42.5 Å². The lowest BCUT2D eigenvalue weighted by molar-refractivity contribution is -0.123. The van der Waals surface area contributed by atoms with Gasteiger partial charge < -0.3 is 15.2 Å². The van der Waals surface area contributed by atoms with Crippen molar-refractivity contribution in [2.45, 2.75) is 18.4 Å². The molecule has 0 aromatic heterocycles.